The molecule has 0 N–H and O–H groups in total. The Hall–Kier alpha value is -1.83. The van der Waals surface area contributed by atoms with E-state index in [0.717, 1.165) is 13.1 Å². The third-order valence-electron chi connectivity index (χ3n) is 4.61. The quantitative estimate of drug-likeness (QED) is 0.752. The number of nitrogens with zero attached hydrogens (tertiary/aromatic N) is 3. The molecule has 0 aromatic heterocycles. The summed E-state index contributed by atoms with van der Waals surface area (Å²) in [6.07, 6.45) is 0. The van der Waals surface area contributed by atoms with Gasteiger partial charge >= 0.3 is 0 Å². The molecule has 1 aromatic carbocycles. The van der Waals surface area contributed by atoms with Crippen molar-refractivity contribution >= 4 is 23.4 Å². The number of morpholine rings is 1. The van der Waals surface area contributed by atoms with Crippen molar-refractivity contribution in [1.29, 1.82) is 0 Å². The van der Waals surface area contributed by atoms with E-state index in [1.54, 1.807) is 29.2 Å². The number of halogens is 1. The number of benzene rings is 1. The van der Waals surface area contributed by atoms with Crippen LogP contribution in [0, 0.1) is 0 Å². The van der Waals surface area contributed by atoms with E-state index in [2.05, 4.69) is 4.90 Å². The molecule has 0 radical (unpaired) electrons. The summed E-state index contributed by atoms with van der Waals surface area (Å²) in [6, 6.07) is 6.98. The van der Waals surface area contributed by atoms with Crippen molar-refractivity contribution in [2.75, 3.05) is 65.6 Å². The van der Waals surface area contributed by atoms with Gasteiger partial charge in [-0.25, -0.2) is 0 Å². The summed E-state index contributed by atoms with van der Waals surface area (Å²) < 4.78 is 10.8. The molecular formula is C18H24ClN3O4. The molecule has 2 aliphatic rings. The van der Waals surface area contributed by atoms with Crippen molar-refractivity contribution in [3.05, 3.63) is 29.3 Å². The maximum absolute atomic E-state index is 12.4. The van der Waals surface area contributed by atoms with E-state index in [4.69, 9.17) is 21.1 Å². The molecular weight excluding hydrogens is 358 g/mol. The Morgan fingerprint density at radius 2 is 1.65 bits per heavy atom. The van der Waals surface area contributed by atoms with Gasteiger partial charge in [-0.15, -0.1) is 0 Å². The lowest BCUT2D eigenvalue weighted by Crippen LogP contribution is -2.54. The van der Waals surface area contributed by atoms with Crippen LogP contribution >= 0.6 is 11.6 Å². The predicted octanol–water partition coefficient (Wildman–Crippen LogP) is 0.722. The average molecular weight is 382 g/mol. The second-order valence-corrected chi connectivity index (χ2v) is 6.83. The number of hydrogen-bond acceptors (Lipinski definition) is 5. The van der Waals surface area contributed by atoms with Gasteiger partial charge in [-0.1, -0.05) is 17.7 Å². The van der Waals surface area contributed by atoms with E-state index in [1.165, 1.54) is 0 Å². The molecule has 2 heterocycles. The summed E-state index contributed by atoms with van der Waals surface area (Å²) in [5.74, 6) is 0.615. The average Bonchev–Trinajstić information content (AvgIpc) is 2.67. The number of hydrogen-bond donors (Lipinski definition) is 0. The van der Waals surface area contributed by atoms with Gasteiger partial charge in [0.2, 0.25) is 5.91 Å². The van der Waals surface area contributed by atoms with Crippen LogP contribution in [0.2, 0.25) is 5.02 Å². The largest absolute Gasteiger partial charge is 0.484 e. The second kappa shape index (κ2) is 9.21. The van der Waals surface area contributed by atoms with E-state index >= 15 is 0 Å². The van der Waals surface area contributed by atoms with Gasteiger partial charge in [0.15, 0.2) is 6.61 Å². The van der Waals surface area contributed by atoms with Gasteiger partial charge in [-0.3, -0.25) is 14.5 Å². The van der Waals surface area contributed by atoms with Crippen molar-refractivity contribution in [3.63, 3.8) is 0 Å². The first-order valence-electron chi connectivity index (χ1n) is 8.86. The van der Waals surface area contributed by atoms with E-state index in [1.807, 2.05) is 4.90 Å². The molecule has 142 valence electrons. The van der Waals surface area contributed by atoms with Crippen LogP contribution in [-0.4, -0.2) is 92.1 Å². The van der Waals surface area contributed by atoms with Crippen molar-refractivity contribution in [2.24, 2.45) is 0 Å². The number of ether oxygens (including phenoxy) is 2. The topological polar surface area (TPSA) is 62.3 Å². The molecule has 2 aliphatic heterocycles. The maximum Gasteiger partial charge on any atom is 0.260 e. The Morgan fingerprint density at radius 1 is 1.00 bits per heavy atom. The van der Waals surface area contributed by atoms with Gasteiger partial charge in [-0.05, 0) is 18.2 Å². The monoisotopic (exact) mass is 381 g/mol. The highest BCUT2D eigenvalue weighted by Gasteiger charge is 2.25. The normalized spacial score (nSPS) is 18.7. The van der Waals surface area contributed by atoms with Crippen LogP contribution in [0.3, 0.4) is 0 Å². The summed E-state index contributed by atoms with van der Waals surface area (Å²) in [5, 5.41) is 0.572. The Balaban J connectivity index is 1.39. The van der Waals surface area contributed by atoms with Crippen molar-refractivity contribution < 1.29 is 19.1 Å². The van der Waals surface area contributed by atoms with Crippen LogP contribution < -0.4 is 4.74 Å². The third-order valence-corrected chi connectivity index (χ3v) is 4.84. The van der Waals surface area contributed by atoms with E-state index in [-0.39, 0.29) is 18.4 Å². The van der Waals surface area contributed by atoms with Gasteiger partial charge in [0.1, 0.15) is 5.75 Å². The van der Waals surface area contributed by atoms with Crippen molar-refractivity contribution in [2.45, 2.75) is 0 Å². The first kappa shape index (κ1) is 18.9. The Kier molecular flexibility index (Phi) is 6.71. The molecule has 7 nitrogen and oxygen atoms in total. The van der Waals surface area contributed by atoms with Crippen molar-refractivity contribution in [1.82, 2.24) is 14.7 Å². The van der Waals surface area contributed by atoms with Gasteiger partial charge in [-0.2, -0.15) is 0 Å². The standard InChI is InChI=1S/C18H24ClN3O4/c19-15-2-1-3-16(12-15)26-14-18(24)22-6-4-21(5-7-22)17(23)13-20-8-10-25-11-9-20/h1-3,12H,4-11,13-14H2. The summed E-state index contributed by atoms with van der Waals surface area (Å²) in [4.78, 5) is 30.4. The van der Waals surface area contributed by atoms with Gasteiger partial charge < -0.3 is 19.3 Å². The highest BCUT2D eigenvalue weighted by molar-refractivity contribution is 6.30. The zero-order valence-electron chi connectivity index (χ0n) is 14.7. The molecule has 0 saturated carbocycles. The molecule has 1 aromatic rings. The van der Waals surface area contributed by atoms with Crippen LogP contribution in [0.25, 0.3) is 0 Å². The summed E-state index contributed by atoms with van der Waals surface area (Å²) in [6.45, 7) is 5.55. The van der Waals surface area contributed by atoms with Crippen LogP contribution in [0.5, 0.6) is 5.75 Å². The minimum absolute atomic E-state index is 0.0257. The summed E-state index contributed by atoms with van der Waals surface area (Å²) in [5.41, 5.74) is 0. The van der Waals surface area contributed by atoms with E-state index < -0.39 is 0 Å². The number of rotatable bonds is 5. The predicted molar refractivity (Wildman–Crippen MR) is 97.4 cm³/mol. The second-order valence-electron chi connectivity index (χ2n) is 6.40. The molecule has 26 heavy (non-hydrogen) atoms. The number of amides is 2. The minimum atomic E-state index is -0.0785. The SMILES string of the molecule is O=C(COc1cccc(Cl)c1)N1CCN(C(=O)CN2CCOCC2)CC1. The summed E-state index contributed by atoms with van der Waals surface area (Å²) >= 11 is 5.90. The fourth-order valence-electron chi connectivity index (χ4n) is 3.05. The third kappa shape index (κ3) is 5.33. The number of piperazine rings is 1. The lowest BCUT2D eigenvalue weighted by molar-refractivity contribution is -0.141. The first-order chi connectivity index (χ1) is 12.6. The zero-order valence-corrected chi connectivity index (χ0v) is 15.5. The molecule has 0 unspecified atom stereocenters. The molecule has 2 saturated heterocycles. The molecule has 8 heteroatoms. The van der Waals surface area contributed by atoms with Gasteiger partial charge in [0, 0.05) is 44.3 Å². The fraction of sp³-hybridized carbons (Fsp3) is 0.556. The lowest BCUT2D eigenvalue weighted by atomic mass is 10.3. The Bertz CT molecular complexity index is 629. The fourth-order valence-corrected chi connectivity index (χ4v) is 3.23. The highest BCUT2D eigenvalue weighted by Crippen LogP contribution is 2.17. The minimum Gasteiger partial charge on any atom is -0.484 e. The molecule has 2 amide bonds. The number of carbonyl (C=O) groups excluding carboxylic acids is 2. The first-order valence-corrected chi connectivity index (χ1v) is 9.23. The highest BCUT2D eigenvalue weighted by atomic mass is 35.5. The molecule has 2 fully saturated rings. The van der Waals surface area contributed by atoms with Crippen LogP contribution in [0.1, 0.15) is 0 Å². The summed E-state index contributed by atoms with van der Waals surface area (Å²) in [7, 11) is 0. The van der Waals surface area contributed by atoms with E-state index in [9.17, 15) is 9.59 Å². The Morgan fingerprint density at radius 3 is 2.31 bits per heavy atom. The Labute approximate surface area is 158 Å². The van der Waals surface area contributed by atoms with Crippen LogP contribution in [0.15, 0.2) is 24.3 Å². The maximum atomic E-state index is 12.4. The molecule has 0 atom stereocenters. The lowest BCUT2D eigenvalue weighted by Gasteiger charge is -2.36. The van der Waals surface area contributed by atoms with Crippen LogP contribution in [-0.2, 0) is 14.3 Å². The van der Waals surface area contributed by atoms with Gasteiger partial charge in [0.05, 0.1) is 19.8 Å². The van der Waals surface area contributed by atoms with E-state index in [0.29, 0.717) is 56.7 Å². The molecule has 3 rings (SSSR count). The smallest absolute Gasteiger partial charge is 0.260 e. The van der Waals surface area contributed by atoms with Gasteiger partial charge in [0.25, 0.3) is 5.91 Å². The van der Waals surface area contributed by atoms with Crippen molar-refractivity contribution in [3.8, 4) is 5.75 Å². The number of carbonyl (C=O) groups is 2. The van der Waals surface area contributed by atoms with Crippen LogP contribution in [0.4, 0.5) is 0 Å². The molecule has 0 bridgehead atoms. The molecule has 0 aliphatic carbocycles. The molecule has 0 spiro atoms. The zero-order chi connectivity index (χ0) is 18.4.